The van der Waals surface area contributed by atoms with E-state index in [0.29, 0.717) is 6.54 Å². The van der Waals surface area contributed by atoms with Crippen LogP contribution >= 0.6 is 0 Å². The van der Waals surface area contributed by atoms with Gasteiger partial charge in [-0.1, -0.05) is 0 Å². The molecule has 2 rings (SSSR count). The van der Waals surface area contributed by atoms with Crippen molar-refractivity contribution in [2.45, 2.75) is 11.4 Å². The van der Waals surface area contributed by atoms with Crippen LogP contribution in [-0.4, -0.2) is 34.5 Å². The van der Waals surface area contributed by atoms with Crippen molar-refractivity contribution < 1.29 is 8.42 Å². The molecule has 18 heavy (non-hydrogen) atoms. The van der Waals surface area contributed by atoms with Crippen LogP contribution in [0.2, 0.25) is 0 Å². The standard InChI is InChI=1S/C9H14N6O2S/c1-14-7-8(9(10)13-14)18(16,17)12-4-6-15-5-2-3-11-15/h2-3,5,7,12H,4,6H2,1H3,(H2,10,13). The minimum atomic E-state index is -3.62. The number of nitrogens with two attached hydrogens (primary N) is 1. The van der Waals surface area contributed by atoms with Gasteiger partial charge in [0.25, 0.3) is 0 Å². The minimum Gasteiger partial charge on any atom is -0.381 e. The van der Waals surface area contributed by atoms with E-state index in [1.165, 1.54) is 10.9 Å². The van der Waals surface area contributed by atoms with Crippen LogP contribution in [0.3, 0.4) is 0 Å². The molecule has 0 bridgehead atoms. The Hall–Kier alpha value is -1.87. The van der Waals surface area contributed by atoms with Gasteiger partial charge in [0.2, 0.25) is 10.0 Å². The highest BCUT2D eigenvalue weighted by molar-refractivity contribution is 7.89. The van der Waals surface area contributed by atoms with Gasteiger partial charge in [0.15, 0.2) is 5.82 Å². The molecule has 2 heterocycles. The van der Waals surface area contributed by atoms with Gasteiger partial charge in [-0.15, -0.1) is 0 Å². The van der Waals surface area contributed by atoms with E-state index in [1.807, 2.05) is 0 Å². The zero-order valence-electron chi connectivity index (χ0n) is 9.81. The Morgan fingerprint density at radius 3 is 2.83 bits per heavy atom. The van der Waals surface area contributed by atoms with E-state index in [0.717, 1.165) is 0 Å². The zero-order valence-corrected chi connectivity index (χ0v) is 10.6. The van der Waals surface area contributed by atoms with Gasteiger partial charge in [-0.2, -0.15) is 10.2 Å². The number of hydrogen-bond acceptors (Lipinski definition) is 5. The fourth-order valence-electron chi connectivity index (χ4n) is 1.50. The summed E-state index contributed by atoms with van der Waals surface area (Å²) in [6.07, 6.45) is 4.76. The summed E-state index contributed by atoms with van der Waals surface area (Å²) in [5.74, 6) is -0.0101. The first-order valence-corrected chi connectivity index (χ1v) is 6.73. The highest BCUT2D eigenvalue weighted by atomic mass is 32.2. The van der Waals surface area contributed by atoms with E-state index in [9.17, 15) is 8.42 Å². The van der Waals surface area contributed by atoms with Crippen LogP contribution in [0.25, 0.3) is 0 Å². The molecule has 0 aliphatic heterocycles. The lowest BCUT2D eigenvalue weighted by atomic mass is 10.6. The third kappa shape index (κ3) is 2.68. The fraction of sp³-hybridized carbons (Fsp3) is 0.333. The maximum atomic E-state index is 11.9. The number of nitrogen functional groups attached to an aromatic ring is 1. The van der Waals surface area contributed by atoms with Crippen molar-refractivity contribution in [2.24, 2.45) is 7.05 Å². The number of nitrogens with one attached hydrogen (secondary N) is 1. The van der Waals surface area contributed by atoms with Gasteiger partial charge < -0.3 is 5.73 Å². The van der Waals surface area contributed by atoms with E-state index in [-0.39, 0.29) is 17.3 Å². The van der Waals surface area contributed by atoms with Crippen LogP contribution in [0.5, 0.6) is 0 Å². The third-order valence-corrected chi connectivity index (χ3v) is 3.78. The predicted octanol–water partition coefficient (Wildman–Crippen LogP) is -0.823. The molecule has 0 amide bonds. The largest absolute Gasteiger partial charge is 0.381 e. The molecule has 8 nitrogen and oxygen atoms in total. The molecule has 0 atom stereocenters. The van der Waals surface area contributed by atoms with Crippen molar-refractivity contribution >= 4 is 15.8 Å². The second-order valence-corrected chi connectivity index (χ2v) is 5.45. The molecule has 3 N–H and O–H groups in total. The molecule has 0 spiro atoms. The maximum absolute atomic E-state index is 11.9. The number of nitrogens with zero attached hydrogens (tertiary/aromatic N) is 4. The van der Waals surface area contributed by atoms with Gasteiger partial charge in [-0.25, -0.2) is 13.1 Å². The zero-order chi connectivity index (χ0) is 13.2. The Kier molecular flexibility index (Phi) is 3.34. The van der Waals surface area contributed by atoms with Gasteiger partial charge in [-0.3, -0.25) is 9.36 Å². The lowest BCUT2D eigenvalue weighted by molar-refractivity contribution is 0.561. The quantitative estimate of drug-likeness (QED) is 0.738. The maximum Gasteiger partial charge on any atom is 0.245 e. The van der Waals surface area contributed by atoms with Crippen molar-refractivity contribution in [1.82, 2.24) is 24.3 Å². The number of aryl methyl sites for hydroxylation is 1. The molecule has 0 radical (unpaired) electrons. The summed E-state index contributed by atoms with van der Waals surface area (Å²) in [6.45, 7) is 0.685. The lowest BCUT2D eigenvalue weighted by Gasteiger charge is -2.05. The van der Waals surface area contributed by atoms with Gasteiger partial charge in [0, 0.05) is 32.2 Å². The summed E-state index contributed by atoms with van der Waals surface area (Å²) >= 11 is 0. The minimum absolute atomic E-state index is 0.00883. The Morgan fingerprint density at radius 1 is 1.50 bits per heavy atom. The molecular weight excluding hydrogens is 256 g/mol. The van der Waals surface area contributed by atoms with Crippen molar-refractivity contribution in [3.8, 4) is 0 Å². The van der Waals surface area contributed by atoms with E-state index in [4.69, 9.17) is 5.73 Å². The number of aromatic nitrogens is 4. The van der Waals surface area contributed by atoms with Crippen LogP contribution in [0.1, 0.15) is 0 Å². The molecular formula is C9H14N6O2S. The monoisotopic (exact) mass is 270 g/mol. The SMILES string of the molecule is Cn1cc(S(=O)(=O)NCCn2cccn2)c(N)n1. The van der Waals surface area contributed by atoms with Gasteiger partial charge in [-0.05, 0) is 6.07 Å². The smallest absolute Gasteiger partial charge is 0.245 e. The summed E-state index contributed by atoms with van der Waals surface area (Å²) in [4.78, 5) is -0.00883. The van der Waals surface area contributed by atoms with E-state index in [2.05, 4.69) is 14.9 Å². The first kappa shape index (κ1) is 12.6. The van der Waals surface area contributed by atoms with E-state index < -0.39 is 10.0 Å². The van der Waals surface area contributed by atoms with Crippen LogP contribution in [0.15, 0.2) is 29.6 Å². The van der Waals surface area contributed by atoms with Gasteiger partial charge in [0.1, 0.15) is 4.90 Å². The van der Waals surface area contributed by atoms with Gasteiger partial charge >= 0.3 is 0 Å². The molecule has 0 aliphatic rings. The summed E-state index contributed by atoms with van der Waals surface area (Å²) < 4.78 is 29.3. The summed E-state index contributed by atoms with van der Waals surface area (Å²) in [7, 11) is -2.01. The lowest BCUT2D eigenvalue weighted by Crippen LogP contribution is -2.27. The Morgan fingerprint density at radius 2 is 2.28 bits per heavy atom. The number of hydrogen-bond donors (Lipinski definition) is 2. The number of rotatable bonds is 5. The second kappa shape index (κ2) is 4.78. The first-order valence-electron chi connectivity index (χ1n) is 5.25. The Bertz CT molecular complexity index is 616. The molecule has 9 heteroatoms. The number of sulfonamides is 1. The van der Waals surface area contributed by atoms with Crippen molar-refractivity contribution in [1.29, 1.82) is 0 Å². The second-order valence-electron chi connectivity index (χ2n) is 3.72. The van der Waals surface area contributed by atoms with E-state index in [1.54, 1.807) is 30.2 Å². The third-order valence-electron chi connectivity index (χ3n) is 2.30. The summed E-state index contributed by atoms with van der Waals surface area (Å²) in [5.41, 5.74) is 5.53. The topological polar surface area (TPSA) is 108 Å². The highest BCUT2D eigenvalue weighted by Gasteiger charge is 2.19. The van der Waals surface area contributed by atoms with Crippen LogP contribution in [0.4, 0.5) is 5.82 Å². The predicted molar refractivity (Wildman–Crippen MR) is 65.0 cm³/mol. The first-order chi connectivity index (χ1) is 8.49. The molecule has 0 saturated heterocycles. The Labute approximate surface area is 104 Å². The van der Waals surface area contributed by atoms with Crippen LogP contribution in [0, 0.1) is 0 Å². The van der Waals surface area contributed by atoms with Crippen LogP contribution < -0.4 is 10.5 Å². The fourth-order valence-corrected chi connectivity index (χ4v) is 2.62. The summed E-state index contributed by atoms with van der Waals surface area (Å²) in [5, 5.41) is 7.76. The average Bonchev–Trinajstić information content (AvgIpc) is 2.88. The molecule has 0 fully saturated rings. The van der Waals surface area contributed by atoms with Crippen LogP contribution in [-0.2, 0) is 23.6 Å². The average molecular weight is 270 g/mol. The molecule has 2 aromatic heterocycles. The molecule has 2 aromatic rings. The normalized spacial score (nSPS) is 11.8. The molecule has 0 saturated carbocycles. The molecule has 0 aliphatic carbocycles. The van der Waals surface area contributed by atoms with Crippen molar-refractivity contribution in [2.75, 3.05) is 12.3 Å². The molecule has 0 aromatic carbocycles. The molecule has 98 valence electrons. The van der Waals surface area contributed by atoms with Gasteiger partial charge in [0.05, 0.1) is 6.54 Å². The van der Waals surface area contributed by atoms with Crippen molar-refractivity contribution in [3.05, 3.63) is 24.7 Å². The summed E-state index contributed by atoms with van der Waals surface area (Å²) in [6, 6.07) is 1.77. The number of anilines is 1. The van der Waals surface area contributed by atoms with Crippen molar-refractivity contribution in [3.63, 3.8) is 0 Å². The Balaban J connectivity index is 2.02. The van der Waals surface area contributed by atoms with E-state index >= 15 is 0 Å². The highest BCUT2D eigenvalue weighted by Crippen LogP contribution is 2.14. The molecule has 0 unspecified atom stereocenters.